The summed E-state index contributed by atoms with van der Waals surface area (Å²) in [6, 6.07) is 17.9. The summed E-state index contributed by atoms with van der Waals surface area (Å²) in [5.74, 6) is 1.49. The van der Waals surface area contributed by atoms with Gasteiger partial charge in [-0.15, -0.1) is 0 Å². The molecule has 3 aromatic carbocycles. The van der Waals surface area contributed by atoms with Crippen LogP contribution in [0.4, 0.5) is 11.4 Å². The Bertz CT molecular complexity index is 1130. The molecule has 0 aromatic heterocycles. The molecule has 3 aromatic rings. The molecule has 7 nitrogen and oxygen atoms in total. The molecule has 2 N–H and O–H groups in total. The van der Waals surface area contributed by atoms with E-state index < -0.39 is 6.17 Å². The number of nitrogens with zero attached hydrogens (tertiary/aromatic N) is 1. The fourth-order valence-electron chi connectivity index (χ4n) is 3.80. The second-order valence-electron chi connectivity index (χ2n) is 7.03. The molecule has 0 aliphatic carbocycles. The number of fused-ring (bicyclic) bond motifs is 2. The van der Waals surface area contributed by atoms with E-state index in [0.717, 1.165) is 11.3 Å². The number of para-hydroxylation sites is 1. The molecule has 1 unspecified atom stereocenters. The van der Waals surface area contributed by atoms with Crippen LogP contribution in [0, 0.1) is 0 Å². The first-order chi connectivity index (χ1) is 14.7. The molecule has 0 saturated heterocycles. The standard InChI is InChI=1S/C23H20N2O5/c1-28-20-12-14(6-8-18(20)26)22-24-17-5-3-2-4-16(17)23(27)25(22)15-7-9-19-21(13-15)30-11-10-29-19/h2-9,12-13,22,24,26H,10-11H2,1H3. The molecule has 30 heavy (non-hydrogen) atoms. The van der Waals surface area contributed by atoms with E-state index in [0.29, 0.717) is 41.7 Å². The van der Waals surface area contributed by atoms with E-state index in [4.69, 9.17) is 14.2 Å². The minimum absolute atomic E-state index is 0.0367. The summed E-state index contributed by atoms with van der Waals surface area (Å²) in [7, 11) is 1.49. The predicted molar refractivity (Wildman–Crippen MR) is 112 cm³/mol. The van der Waals surface area contributed by atoms with Gasteiger partial charge in [0.25, 0.3) is 5.91 Å². The number of ether oxygens (including phenoxy) is 3. The number of methoxy groups -OCH3 is 1. The molecule has 2 aliphatic rings. The zero-order chi connectivity index (χ0) is 20.7. The normalized spacial score (nSPS) is 17.2. The van der Waals surface area contributed by atoms with Crippen molar-refractivity contribution in [3.05, 3.63) is 71.8 Å². The van der Waals surface area contributed by atoms with Gasteiger partial charge in [-0.3, -0.25) is 9.69 Å². The van der Waals surface area contributed by atoms with Crippen molar-refractivity contribution in [3.63, 3.8) is 0 Å². The minimum Gasteiger partial charge on any atom is -0.504 e. The highest BCUT2D eigenvalue weighted by Gasteiger charge is 2.35. The molecule has 2 aliphatic heterocycles. The number of anilines is 2. The number of hydrogen-bond donors (Lipinski definition) is 2. The first kappa shape index (κ1) is 18.2. The van der Waals surface area contributed by atoms with Crippen molar-refractivity contribution in [1.29, 1.82) is 0 Å². The molecule has 0 spiro atoms. The second-order valence-corrected chi connectivity index (χ2v) is 7.03. The van der Waals surface area contributed by atoms with Crippen molar-refractivity contribution in [2.24, 2.45) is 0 Å². The number of rotatable bonds is 3. The lowest BCUT2D eigenvalue weighted by Crippen LogP contribution is -2.43. The third kappa shape index (κ3) is 2.95. The zero-order valence-corrected chi connectivity index (χ0v) is 16.3. The summed E-state index contributed by atoms with van der Waals surface area (Å²) < 4.78 is 16.6. The van der Waals surface area contributed by atoms with Crippen LogP contribution in [0.2, 0.25) is 0 Å². The van der Waals surface area contributed by atoms with E-state index in [1.54, 1.807) is 29.2 Å². The highest BCUT2D eigenvalue weighted by atomic mass is 16.6. The molecule has 1 atom stereocenters. The van der Waals surface area contributed by atoms with Gasteiger partial charge in [-0.25, -0.2) is 0 Å². The highest BCUT2D eigenvalue weighted by molar-refractivity contribution is 6.12. The lowest BCUT2D eigenvalue weighted by Gasteiger charge is -2.38. The predicted octanol–water partition coefficient (Wildman–Crippen LogP) is 3.94. The molecule has 0 saturated carbocycles. The average Bonchev–Trinajstić information content (AvgIpc) is 2.79. The number of carbonyl (C=O) groups excluding carboxylic acids is 1. The summed E-state index contributed by atoms with van der Waals surface area (Å²) in [4.78, 5) is 15.2. The largest absolute Gasteiger partial charge is 0.504 e. The third-order valence-corrected chi connectivity index (χ3v) is 5.25. The van der Waals surface area contributed by atoms with Gasteiger partial charge in [-0.2, -0.15) is 0 Å². The lowest BCUT2D eigenvalue weighted by atomic mass is 10.0. The maximum atomic E-state index is 13.5. The van der Waals surface area contributed by atoms with Gasteiger partial charge < -0.3 is 24.6 Å². The topological polar surface area (TPSA) is 80.3 Å². The van der Waals surface area contributed by atoms with E-state index in [9.17, 15) is 9.90 Å². The number of amides is 1. The van der Waals surface area contributed by atoms with E-state index in [2.05, 4.69) is 5.32 Å². The molecule has 1 amide bonds. The Labute approximate surface area is 173 Å². The van der Waals surface area contributed by atoms with Crippen molar-refractivity contribution in [2.45, 2.75) is 6.17 Å². The summed E-state index contributed by atoms with van der Waals surface area (Å²) in [5.41, 5.74) is 2.76. The van der Waals surface area contributed by atoms with E-state index in [-0.39, 0.29) is 11.7 Å². The fourth-order valence-corrected chi connectivity index (χ4v) is 3.80. The van der Waals surface area contributed by atoms with Crippen LogP contribution in [0.25, 0.3) is 0 Å². The molecule has 7 heteroatoms. The summed E-state index contributed by atoms with van der Waals surface area (Å²) in [6.45, 7) is 0.962. The van der Waals surface area contributed by atoms with Gasteiger partial charge in [0, 0.05) is 11.8 Å². The maximum Gasteiger partial charge on any atom is 0.262 e. The van der Waals surface area contributed by atoms with Crippen molar-refractivity contribution >= 4 is 17.3 Å². The van der Waals surface area contributed by atoms with Crippen molar-refractivity contribution in [1.82, 2.24) is 0 Å². The van der Waals surface area contributed by atoms with Gasteiger partial charge in [0.15, 0.2) is 23.0 Å². The minimum atomic E-state index is -0.510. The van der Waals surface area contributed by atoms with Crippen LogP contribution in [-0.2, 0) is 0 Å². The van der Waals surface area contributed by atoms with Crippen LogP contribution in [0.3, 0.4) is 0 Å². The Kier molecular flexibility index (Phi) is 4.35. The zero-order valence-electron chi connectivity index (χ0n) is 16.3. The first-order valence-electron chi connectivity index (χ1n) is 9.61. The highest BCUT2D eigenvalue weighted by Crippen LogP contribution is 2.41. The molecule has 0 bridgehead atoms. The Morgan fingerprint density at radius 2 is 1.83 bits per heavy atom. The summed E-state index contributed by atoms with van der Waals surface area (Å²) in [6.07, 6.45) is -0.510. The first-order valence-corrected chi connectivity index (χ1v) is 9.61. The van der Waals surface area contributed by atoms with Crippen LogP contribution in [0.1, 0.15) is 22.1 Å². The molecular formula is C23H20N2O5. The van der Waals surface area contributed by atoms with Crippen LogP contribution in [0.5, 0.6) is 23.0 Å². The summed E-state index contributed by atoms with van der Waals surface area (Å²) in [5, 5.41) is 13.4. The monoisotopic (exact) mass is 404 g/mol. The van der Waals surface area contributed by atoms with Gasteiger partial charge in [0.1, 0.15) is 19.4 Å². The molecule has 0 fully saturated rings. The molecule has 5 rings (SSSR count). The molecule has 2 heterocycles. The Morgan fingerprint density at radius 3 is 2.67 bits per heavy atom. The van der Waals surface area contributed by atoms with Crippen LogP contribution < -0.4 is 24.4 Å². The van der Waals surface area contributed by atoms with Crippen molar-refractivity contribution in [2.75, 3.05) is 30.5 Å². The van der Waals surface area contributed by atoms with Gasteiger partial charge in [0.2, 0.25) is 0 Å². The number of benzene rings is 3. The quantitative estimate of drug-likeness (QED) is 0.688. The van der Waals surface area contributed by atoms with Crippen molar-refractivity contribution < 1.29 is 24.1 Å². The smallest absolute Gasteiger partial charge is 0.262 e. The Hall–Kier alpha value is -3.87. The van der Waals surface area contributed by atoms with Gasteiger partial charge in [0.05, 0.1) is 18.4 Å². The van der Waals surface area contributed by atoms with E-state index in [1.165, 1.54) is 7.11 Å². The number of hydrogen-bond acceptors (Lipinski definition) is 6. The van der Waals surface area contributed by atoms with Crippen LogP contribution in [0.15, 0.2) is 60.7 Å². The van der Waals surface area contributed by atoms with Crippen LogP contribution >= 0.6 is 0 Å². The number of carbonyl (C=O) groups is 1. The SMILES string of the molecule is COc1cc(C2Nc3ccccc3C(=O)N2c2ccc3c(c2)OCCO3)ccc1O. The number of phenols is 1. The Balaban J connectivity index is 1.64. The lowest BCUT2D eigenvalue weighted by molar-refractivity contribution is 0.0974. The number of phenolic OH excluding ortho intramolecular Hbond substituents is 1. The fraction of sp³-hybridized carbons (Fsp3) is 0.174. The average molecular weight is 404 g/mol. The Morgan fingerprint density at radius 1 is 1.03 bits per heavy atom. The van der Waals surface area contributed by atoms with E-state index >= 15 is 0 Å². The second kappa shape index (κ2) is 7.18. The maximum absolute atomic E-state index is 13.5. The van der Waals surface area contributed by atoms with Gasteiger partial charge >= 0.3 is 0 Å². The van der Waals surface area contributed by atoms with Gasteiger partial charge in [-0.1, -0.05) is 18.2 Å². The molecule has 0 radical (unpaired) electrons. The molecular weight excluding hydrogens is 384 g/mol. The third-order valence-electron chi connectivity index (χ3n) is 5.25. The van der Waals surface area contributed by atoms with Gasteiger partial charge in [-0.05, 0) is 42.0 Å². The van der Waals surface area contributed by atoms with Crippen LogP contribution in [-0.4, -0.2) is 31.3 Å². The molecule has 152 valence electrons. The van der Waals surface area contributed by atoms with E-state index in [1.807, 2.05) is 36.4 Å². The number of nitrogens with one attached hydrogen (secondary N) is 1. The van der Waals surface area contributed by atoms with Crippen molar-refractivity contribution in [3.8, 4) is 23.0 Å². The number of aromatic hydroxyl groups is 1. The summed E-state index contributed by atoms with van der Waals surface area (Å²) >= 11 is 0.